The number of fused-ring (bicyclic) bond motifs is 1. The number of benzene rings is 1. The van der Waals surface area contributed by atoms with Crippen LogP contribution in [0.3, 0.4) is 0 Å². The molecule has 1 saturated heterocycles. The highest BCUT2D eigenvalue weighted by Crippen LogP contribution is 2.29. The summed E-state index contributed by atoms with van der Waals surface area (Å²) in [6, 6.07) is 1.74. The highest BCUT2D eigenvalue weighted by atomic mass is 32.2. The number of imidazole rings is 1. The first kappa shape index (κ1) is 20.1. The van der Waals surface area contributed by atoms with Crippen LogP contribution in [-0.2, 0) is 4.79 Å². The Morgan fingerprint density at radius 3 is 2.74 bits per heavy atom. The number of halogens is 2. The van der Waals surface area contributed by atoms with Gasteiger partial charge >= 0.3 is 0 Å². The summed E-state index contributed by atoms with van der Waals surface area (Å²) in [6.07, 6.45) is 4.80. The second-order valence-corrected chi connectivity index (χ2v) is 9.03. The van der Waals surface area contributed by atoms with Crippen LogP contribution < -0.4 is 0 Å². The highest BCUT2D eigenvalue weighted by molar-refractivity contribution is 7.99. The number of amides is 1. The summed E-state index contributed by atoms with van der Waals surface area (Å²) in [4.78, 5) is 19.6. The van der Waals surface area contributed by atoms with E-state index in [0.717, 1.165) is 50.2 Å². The van der Waals surface area contributed by atoms with Crippen LogP contribution in [0.2, 0.25) is 0 Å². The number of thioether (sulfide) groups is 1. The predicted octanol–water partition coefficient (Wildman–Crippen LogP) is 4.65. The molecule has 0 saturated carbocycles. The van der Waals surface area contributed by atoms with Gasteiger partial charge in [0.2, 0.25) is 5.91 Å². The number of carbonyl (C=O) groups is 1. The molecule has 2 aromatic rings. The van der Waals surface area contributed by atoms with Crippen molar-refractivity contribution in [2.75, 3.05) is 18.8 Å². The molecule has 2 heterocycles. The van der Waals surface area contributed by atoms with Gasteiger partial charge in [-0.05, 0) is 24.5 Å². The maximum absolute atomic E-state index is 13.8. The Morgan fingerprint density at radius 1 is 1.30 bits per heavy atom. The van der Waals surface area contributed by atoms with E-state index in [1.807, 2.05) is 30.5 Å². The maximum atomic E-state index is 13.8. The number of hydrogen-bond acceptors (Lipinski definition) is 3. The lowest BCUT2D eigenvalue weighted by atomic mass is 10.0. The second kappa shape index (κ2) is 8.59. The van der Waals surface area contributed by atoms with Crippen molar-refractivity contribution in [1.82, 2.24) is 14.5 Å². The van der Waals surface area contributed by atoms with Gasteiger partial charge in [0.05, 0.1) is 17.4 Å². The molecule has 148 valence electrons. The molecule has 1 aromatic carbocycles. The third kappa shape index (κ3) is 4.28. The van der Waals surface area contributed by atoms with Crippen molar-refractivity contribution in [2.24, 2.45) is 5.92 Å². The summed E-state index contributed by atoms with van der Waals surface area (Å²) in [5, 5.41) is 0.459. The minimum Gasteiger partial charge on any atom is -0.340 e. The largest absolute Gasteiger partial charge is 0.340 e. The number of rotatable bonds is 5. The van der Waals surface area contributed by atoms with Crippen LogP contribution >= 0.6 is 11.8 Å². The number of hydrogen-bond donors (Lipinski definition) is 0. The van der Waals surface area contributed by atoms with Crippen LogP contribution in [0.15, 0.2) is 18.5 Å². The van der Waals surface area contributed by atoms with Crippen molar-refractivity contribution in [1.29, 1.82) is 0 Å². The summed E-state index contributed by atoms with van der Waals surface area (Å²) in [6.45, 7) is 7.59. The maximum Gasteiger partial charge on any atom is 0.245 e. The quantitative estimate of drug-likeness (QED) is 0.740. The van der Waals surface area contributed by atoms with Gasteiger partial charge in [0, 0.05) is 30.5 Å². The van der Waals surface area contributed by atoms with Crippen molar-refractivity contribution in [2.45, 2.75) is 51.3 Å². The summed E-state index contributed by atoms with van der Waals surface area (Å²) in [5.74, 6) is -0.765. The average Bonchev–Trinajstić information content (AvgIpc) is 2.86. The molecule has 4 nitrogen and oxygen atoms in total. The first-order chi connectivity index (χ1) is 12.9. The van der Waals surface area contributed by atoms with E-state index in [1.54, 1.807) is 4.57 Å². The van der Waals surface area contributed by atoms with Gasteiger partial charge in [-0.1, -0.05) is 27.2 Å². The molecule has 27 heavy (non-hydrogen) atoms. The van der Waals surface area contributed by atoms with Gasteiger partial charge in [0.15, 0.2) is 11.6 Å². The van der Waals surface area contributed by atoms with E-state index in [4.69, 9.17) is 0 Å². The van der Waals surface area contributed by atoms with E-state index in [1.165, 1.54) is 6.33 Å². The Kier molecular flexibility index (Phi) is 6.40. The SMILES string of the molecule is CCSC1CCCCN(C(=O)C(C(C)C)n2cnc3cc(F)c(F)cc32)C1. The van der Waals surface area contributed by atoms with Crippen LogP contribution in [0, 0.1) is 17.6 Å². The molecular formula is C20H27F2N3OS. The minimum atomic E-state index is -0.924. The third-order valence-electron chi connectivity index (χ3n) is 5.14. The molecule has 0 bridgehead atoms. The normalized spacial score (nSPS) is 19.5. The van der Waals surface area contributed by atoms with E-state index in [0.29, 0.717) is 16.3 Å². The zero-order chi connectivity index (χ0) is 19.6. The van der Waals surface area contributed by atoms with Crippen LogP contribution in [0.25, 0.3) is 11.0 Å². The van der Waals surface area contributed by atoms with Gasteiger partial charge in [0.25, 0.3) is 0 Å². The molecule has 3 rings (SSSR count). The first-order valence-electron chi connectivity index (χ1n) is 9.64. The average molecular weight is 396 g/mol. The zero-order valence-electron chi connectivity index (χ0n) is 16.1. The molecular weight excluding hydrogens is 368 g/mol. The molecule has 1 aromatic heterocycles. The van der Waals surface area contributed by atoms with E-state index >= 15 is 0 Å². The minimum absolute atomic E-state index is 0.00328. The lowest BCUT2D eigenvalue weighted by Gasteiger charge is -2.31. The second-order valence-electron chi connectivity index (χ2n) is 7.45. The van der Waals surface area contributed by atoms with Gasteiger partial charge in [-0.15, -0.1) is 0 Å². The van der Waals surface area contributed by atoms with E-state index < -0.39 is 17.7 Å². The molecule has 7 heteroatoms. The van der Waals surface area contributed by atoms with Crippen molar-refractivity contribution in [3.05, 3.63) is 30.1 Å². The Morgan fingerprint density at radius 2 is 2.04 bits per heavy atom. The van der Waals surface area contributed by atoms with Crippen LogP contribution in [0.1, 0.15) is 46.1 Å². The fourth-order valence-electron chi connectivity index (χ4n) is 3.83. The topological polar surface area (TPSA) is 38.1 Å². The Labute approximate surface area is 163 Å². The molecule has 1 fully saturated rings. The van der Waals surface area contributed by atoms with E-state index in [2.05, 4.69) is 11.9 Å². The van der Waals surface area contributed by atoms with Crippen molar-refractivity contribution in [3.8, 4) is 0 Å². The van der Waals surface area contributed by atoms with E-state index in [-0.39, 0.29) is 11.8 Å². The number of carbonyl (C=O) groups excluding carboxylic acids is 1. The van der Waals surface area contributed by atoms with Crippen LogP contribution in [0.5, 0.6) is 0 Å². The molecule has 2 unspecified atom stereocenters. The van der Waals surface area contributed by atoms with Crippen LogP contribution in [-0.4, -0.2) is 44.5 Å². The van der Waals surface area contributed by atoms with Crippen LogP contribution in [0.4, 0.5) is 8.78 Å². The summed E-state index contributed by atoms with van der Waals surface area (Å²) in [5.41, 5.74) is 0.817. The molecule has 1 aliphatic rings. The van der Waals surface area contributed by atoms with Crippen molar-refractivity contribution < 1.29 is 13.6 Å². The molecule has 1 amide bonds. The molecule has 0 N–H and O–H groups in total. The monoisotopic (exact) mass is 395 g/mol. The fourth-order valence-corrected chi connectivity index (χ4v) is 4.92. The molecule has 0 spiro atoms. The van der Waals surface area contributed by atoms with Crippen molar-refractivity contribution >= 4 is 28.7 Å². The predicted molar refractivity (Wildman–Crippen MR) is 106 cm³/mol. The van der Waals surface area contributed by atoms with Gasteiger partial charge in [-0.2, -0.15) is 11.8 Å². The smallest absolute Gasteiger partial charge is 0.245 e. The highest BCUT2D eigenvalue weighted by Gasteiger charge is 2.32. The standard InChI is InChI=1S/C20H27F2N3OS/c1-4-27-14-7-5-6-8-24(11-14)20(26)19(13(2)3)25-12-23-17-9-15(21)16(22)10-18(17)25/h9-10,12-14,19H,4-8,11H2,1-3H3. The number of likely N-dealkylation sites (tertiary alicyclic amines) is 1. The molecule has 2 atom stereocenters. The third-order valence-corrected chi connectivity index (χ3v) is 6.33. The molecule has 0 aliphatic carbocycles. The van der Waals surface area contributed by atoms with E-state index in [9.17, 15) is 13.6 Å². The first-order valence-corrected chi connectivity index (χ1v) is 10.7. The molecule has 1 aliphatic heterocycles. The fraction of sp³-hybridized carbons (Fsp3) is 0.600. The summed E-state index contributed by atoms with van der Waals surface area (Å²) in [7, 11) is 0. The van der Waals surface area contributed by atoms with Crippen molar-refractivity contribution in [3.63, 3.8) is 0 Å². The Bertz CT molecular complexity index is 808. The Hall–Kier alpha value is -1.63. The van der Waals surface area contributed by atoms with Gasteiger partial charge in [-0.3, -0.25) is 4.79 Å². The Balaban J connectivity index is 1.93. The lowest BCUT2D eigenvalue weighted by Crippen LogP contribution is -2.42. The number of aromatic nitrogens is 2. The van der Waals surface area contributed by atoms with Gasteiger partial charge in [0.1, 0.15) is 6.04 Å². The molecule has 0 radical (unpaired) electrons. The lowest BCUT2D eigenvalue weighted by molar-refractivity contribution is -0.135. The summed E-state index contributed by atoms with van der Waals surface area (Å²) < 4.78 is 29.0. The zero-order valence-corrected chi connectivity index (χ0v) is 16.9. The summed E-state index contributed by atoms with van der Waals surface area (Å²) >= 11 is 1.91. The number of nitrogens with zero attached hydrogens (tertiary/aromatic N) is 3. The van der Waals surface area contributed by atoms with Gasteiger partial charge in [-0.25, -0.2) is 13.8 Å². The van der Waals surface area contributed by atoms with Gasteiger partial charge < -0.3 is 9.47 Å².